The number of nitrogens with zero attached hydrogens (tertiary/aromatic N) is 1. The maximum absolute atomic E-state index is 12.9. The second kappa shape index (κ2) is 8.74. The lowest BCUT2D eigenvalue weighted by molar-refractivity contribution is -0.231. The van der Waals surface area contributed by atoms with Crippen molar-refractivity contribution in [1.29, 1.82) is 0 Å². The minimum Gasteiger partial charge on any atom is -0.359 e. The molecule has 1 aromatic carbocycles. The summed E-state index contributed by atoms with van der Waals surface area (Å²) in [6, 6.07) is 9.47. The normalized spacial score (nSPS) is 21.5. The lowest BCUT2D eigenvalue weighted by atomic mass is 10.2. The monoisotopic (exact) mass is 357 g/mol. The van der Waals surface area contributed by atoms with Crippen LogP contribution >= 0.6 is 7.60 Å². The van der Waals surface area contributed by atoms with E-state index < -0.39 is 25.4 Å². The van der Waals surface area contributed by atoms with E-state index in [1.165, 1.54) is 7.11 Å². The second-order valence-corrected chi connectivity index (χ2v) is 7.46. The molecule has 8 heteroatoms. The first-order valence-corrected chi connectivity index (χ1v) is 9.58. The molecule has 1 aromatic rings. The number of hydrogen-bond acceptors (Lipinski definition) is 6. The van der Waals surface area contributed by atoms with Crippen molar-refractivity contribution in [3.05, 3.63) is 35.9 Å². The Bertz CT molecular complexity index is 571. The minimum absolute atomic E-state index is 0.196. The predicted molar refractivity (Wildman–Crippen MR) is 88.1 cm³/mol. The summed E-state index contributed by atoms with van der Waals surface area (Å²) in [6.07, 6.45) is -0.429. The molecule has 1 fully saturated rings. The zero-order valence-corrected chi connectivity index (χ0v) is 15.1. The van der Waals surface area contributed by atoms with Gasteiger partial charge in [-0.25, -0.2) is 0 Å². The molecule has 1 aliphatic rings. The van der Waals surface area contributed by atoms with Crippen molar-refractivity contribution >= 4 is 13.5 Å². The van der Waals surface area contributed by atoms with E-state index in [1.807, 2.05) is 30.3 Å². The largest absolute Gasteiger partial charge is 0.359 e. The summed E-state index contributed by atoms with van der Waals surface area (Å²) in [5.41, 5.74) is -0.000439. The molecule has 0 spiro atoms. The van der Waals surface area contributed by atoms with Crippen LogP contribution in [0, 0.1) is 0 Å². The molecule has 2 rings (SSSR count). The molecule has 0 aromatic heterocycles. The van der Waals surface area contributed by atoms with Gasteiger partial charge in [0, 0.05) is 13.5 Å². The third kappa shape index (κ3) is 4.23. The van der Waals surface area contributed by atoms with Crippen LogP contribution in [0.3, 0.4) is 0 Å². The van der Waals surface area contributed by atoms with E-state index in [1.54, 1.807) is 13.8 Å². The van der Waals surface area contributed by atoms with Crippen molar-refractivity contribution in [3.8, 4) is 0 Å². The summed E-state index contributed by atoms with van der Waals surface area (Å²) < 4.78 is 28.8. The molecule has 0 bridgehead atoms. The van der Waals surface area contributed by atoms with Crippen LogP contribution in [0.25, 0.3) is 0 Å². The van der Waals surface area contributed by atoms with E-state index in [9.17, 15) is 9.36 Å². The van der Waals surface area contributed by atoms with E-state index in [-0.39, 0.29) is 26.2 Å². The van der Waals surface area contributed by atoms with Gasteiger partial charge in [-0.05, 0) is 19.4 Å². The Labute approximate surface area is 142 Å². The zero-order chi connectivity index (χ0) is 17.6. The van der Waals surface area contributed by atoms with Gasteiger partial charge >= 0.3 is 7.60 Å². The van der Waals surface area contributed by atoms with E-state index in [4.69, 9.17) is 18.6 Å². The van der Waals surface area contributed by atoms with Crippen LogP contribution in [0.4, 0.5) is 0 Å². The van der Waals surface area contributed by atoms with Crippen molar-refractivity contribution in [2.24, 2.45) is 0 Å². The van der Waals surface area contributed by atoms with Gasteiger partial charge in [0.15, 0.2) is 6.23 Å². The van der Waals surface area contributed by atoms with Gasteiger partial charge in [-0.2, -0.15) is 5.06 Å². The molecular formula is C16H24NO6P. The average molecular weight is 357 g/mol. The van der Waals surface area contributed by atoms with Crippen LogP contribution in [0.15, 0.2) is 30.3 Å². The van der Waals surface area contributed by atoms with Crippen molar-refractivity contribution in [1.82, 2.24) is 5.06 Å². The number of amides is 1. The van der Waals surface area contributed by atoms with Gasteiger partial charge in [-0.15, -0.1) is 0 Å². The standard InChI is InChI=1S/C16H24NO6P/c1-4-22-24(19,23-5-2)14-11-15(20-3)17(16(14)18)21-12-13-9-7-6-8-10-13/h6-10,14-15H,4-5,11-12H2,1-3H3/t14-,15-/m0/s1. The summed E-state index contributed by atoms with van der Waals surface area (Å²) in [5, 5.41) is 1.14. The van der Waals surface area contributed by atoms with Gasteiger partial charge in [0.2, 0.25) is 0 Å². The number of methoxy groups -OCH3 is 1. The first-order chi connectivity index (χ1) is 11.6. The summed E-state index contributed by atoms with van der Waals surface area (Å²) in [7, 11) is -2.08. The highest BCUT2D eigenvalue weighted by Crippen LogP contribution is 2.57. The highest BCUT2D eigenvalue weighted by molar-refractivity contribution is 7.55. The van der Waals surface area contributed by atoms with Crippen LogP contribution in [0.1, 0.15) is 25.8 Å². The SMILES string of the molecule is CCOP(=O)(OCC)[C@H]1C[C@H](OC)N(OCc2ccccc2)C1=O. The Balaban J connectivity index is 2.12. The molecule has 0 unspecified atom stereocenters. The number of hydrogen-bond donors (Lipinski definition) is 0. The number of rotatable bonds is 9. The third-order valence-corrected chi connectivity index (χ3v) is 6.11. The smallest absolute Gasteiger partial charge is 0.343 e. The number of ether oxygens (including phenoxy) is 1. The Morgan fingerprint density at radius 2 is 1.79 bits per heavy atom. The summed E-state index contributed by atoms with van der Waals surface area (Å²) in [4.78, 5) is 18.3. The number of hydroxylamine groups is 2. The van der Waals surface area contributed by atoms with Gasteiger partial charge in [0.1, 0.15) is 12.3 Å². The van der Waals surface area contributed by atoms with Crippen LogP contribution in [0.2, 0.25) is 0 Å². The van der Waals surface area contributed by atoms with Crippen molar-refractivity contribution in [2.75, 3.05) is 20.3 Å². The number of benzene rings is 1. The number of carbonyl (C=O) groups excluding carboxylic acids is 1. The zero-order valence-electron chi connectivity index (χ0n) is 14.2. The quantitative estimate of drug-likeness (QED) is 0.633. The molecule has 0 saturated carbocycles. The molecule has 0 N–H and O–H groups in total. The van der Waals surface area contributed by atoms with Crippen LogP contribution in [-0.4, -0.2) is 43.2 Å². The molecule has 134 valence electrons. The average Bonchev–Trinajstić information content (AvgIpc) is 2.91. The van der Waals surface area contributed by atoms with Gasteiger partial charge in [0.05, 0.1) is 13.2 Å². The molecule has 1 amide bonds. The molecule has 1 heterocycles. The summed E-state index contributed by atoms with van der Waals surface area (Å²) >= 11 is 0. The fourth-order valence-corrected chi connectivity index (χ4v) is 4.55. The predicted octanol–water partition coefficient (Wildman–Crippen LogP) is 2.96. The Hall–Kier alpha value is -1.24. The van der Waals surface area contributed by atoms with Crippen molar-refractivity contribution < 1.29 is 28.0 Å². The van der Waals surface area contributed by atoms with E-state index in [0.29, 0.717) is 0 Å². The first kappa shape index (κ1) is 19.1. The fraction of sp³-hybridized carbons (Fsp3) is 0.562. The van der Waals surface area contributed by atoms with E-state index >= 15 is 0 Å². The molecule has 24 heavy (non-hydrogen) atoms. The number of carbonyl (C=O) groups is 1. The van der Waals surface area contributed by atoms with E-state index in [2.05, 4.69) is 0 Å². The summed E-state index contributed by atoms with van der Waals surface area (Å²) in [5.74, 6) is -0.442. The first-order valence-electron chi connectivity index (χ1n) is 7.97. The van der Waals surface area contributed by atoms with Crippen LogP contribution < -0.4 is 0 Å². The molecule has 0 aliphatic carbocycles. The molecule has 7 nitrogen and oxygen atoms in total. The second-order valence-electron chi connectivity index (χ2n) is 5.24. The Morgan fingerprint density at radius 3 is 2.33 bits per heavy atom. The van der Waals surface area contributed by atoms with Gasteiger partial charge in [-0.1, -0.05) is 30.3 Å². The Morgan fingerprint density at radius 1 is 1.17 bits per heavy atom. The molecule has 0 radical (unpaired) electrons. The third-order valence-electron chi connectivity index (χ3n) is 3.67. The highest BCUT2D eigenvalue weighted by Gasteiger charge is 2.52. The van der Waals surface area contributed by atoms with Crippen LogP contribution in [0.5, 0.6) is 0 Å². The van der Waals surface area contributed by atoms with Crippen molar-refractivity contribution in [3.63, 3.8) is 0 Å². The maximum atomic E-state index is 12.9. The molecule has 2 atom stereocenters. The topological polar surface area (TPSA) is 74.3 Å². The van der Waals surface area contributed by atoms with Crippen LogP contribution in [-0.2, 0) is 34.6 Å². The maximum Gasteiger partial charge on any atom is 0.343 e. The lowest BCUT2D eigenvalue weighted by Crippen LogP contribution is -2.35. The van der Waals surface area contributed by atoms with E-state index in [0.717, 1.165) is 10.6 Å². The highest BCUT2D eigenvalue weighted by atomic mass is 31.2. The van der Waals surface area contributed by atoms with Gasteiger partial charge in [0.25, 0.3) is 5.91 Å². The fourth-order valence-electron chi connectivity index (χ4n) is 2.57. The molecule has 1 saturated heterocycles. The summed E-state index contributed by atoms with van der Waals surface area (Å²) in [6.45, 7) is 4.03. The van der Waals surface area contributed by atoms with Gasteiger partial charge < -0.3 is 13.8 Å². The molecular weight excluding hydrogens is 333 g/mol. The minimum atomic E-state index is -3.56. The molecule has 1 aliphatic heterocycles. The lowest BCUT2D eigenvalue weighted by Gasteiger charge is -2.23. The van der Waals surface area contributed by atoms with Gasteiger partial charge in [-0.3, -0.25) is 14.2 Å². The van der Waals surface area contributed by atoms with Crippen molar-refractivity contribution in [2.45, 2.75) is 38.8 Å². The Kier molecular flexibility index (Phi) is 6.95.